The average Bonchev–Trinajstić information content (AvgIpc) is 2.31. The van der Waals surface area contributed by atoms with E-state index in [9.17, 15) is 0 Å². The molecule has 18 heavy (non-hydrogen) atoms. The highest BCUT2D eigenvalue weighted by Crippen LogP contribution is 2.22. The summed E-state index contributed by atoms with van der Waals surface area (Å²) < 4.78 is 5.98. The molecule has 0 atom stereocenters. The van der Waals surface area contributed by atoms with Crippen molar-refractivity contribution in [3.05, 3.63) is 29.3 Å². The van der Waals surface area contributed by atoms with E-state index < -0.39 is 0 Å². The Bertz CT molecular complexity index is 373. The molecule has 100 valence electrons. The van der Waals surface area contributed by atoms with Crippen LogP contribution in [-0.2, 0) is 0 Å². The third-order valence-corrected chi connectivity index (χ3v) is 3.49. The van der Waals surface area contributed by atoms with E-state index in [0.717, 1.165) is 42.6 Å². The minimum atomic E-state index is 0.340. The number of hydrogen-bond acceptors (Lipinski definition) is 2. The zero-order valence-corrected chi connectivity index (χ0v) is 12.0. The van der Waals surface area contributed by atoms with Gasteiger partial charge >= 0.3 is 0 Å². The number of piperidine rings is 1. The second kappa shape index (κ2) is 6.44. The van der Waals surface area contributed by atoms with Gasteiger partial charge in [0, 0.05) is 24.7 Å². The van der Waals surface area contributed by atoms with Gasteiger partial charge in [-0.15, -0.1) is 0 Å². The van der Waals surface area contributed by atoms with E-state index in [4.69, 9.17) is 16.3 Å². The van der Waals surface area contributed by atoms with Gasteiger partial charge < -0.3 is 9.64 Å². The Balaban J connectivity index is 1.80. The first-order chi connectivity index (χ1) is 8.63. The van der Waals surface area contributed by atoms with Crippen LogP contribution in [0.1, 0.15) is 26.7 Å². The van der Waals surface area contributed by atoms with Crippen molar-refractivity contribution in [2.24, 2.45) is 5.92 Å². The molecule has 0 saturated carbocycles. The number of benzene rings is 1. The van der Waals surface area contributed by atoms with Gasteiger partial charge in [-0.3, -0.25) is 0 Å². The Morgan fingerprint density at radius 1 is 1.33 bits per heavy atom. The summed E-state index contributed by atoms with van der Waals surface area (Å²) in [5.41, 5.74) is 0. The van der Waals surface area contributed by atoms with E-state index in [1.807, 2.05) is 24.3 Å². The SMILES string of the molecule is CC(C)CN1CCC(Oc2cccc(Cl)c2)CC1. The Morgan fingerprint density at radius 3 is 2.67 bits per heavy atom. The van der Waals surface area contributed by atoms with E-state index in [0.29, 0.717) is 6.10 Å². The van der Waals surface area contributed by atoms with Crippen molar-refractivity contribution >= 4 is 11.6 Å². The minimum Gasteiger partial charge on any atom is -0.490 e. The molecule has 0 bridgehead atoms. The third kappa shape index (κ3) is 4.18. The molecule has 2 nitrogen and oxygen atoms in total. The molecular weight excluding hydrogens is 246 g/mol. The molecule has 0 radical (unpaired) electrons. The normalized spacial score (nSPS) is 18.2. The maximum atomic E-state index is 5.98. The lowest BCUT2D eigenvalue weighted by atomic mass is 10.1. The van der Waals surface area contributed by atoms with E-state index in [2.05, 4.69) is 18.7 Å². The van der Waals surface area contributed by atoms with Crippen molar-refractivity contribution in [2.75, 3.05) is 19.6 Å². The highest BCUT2D eigenvalue weighted by molar-refractivity contribution is 6.30. The Kier molecular flexibility index (Phi) is 4.90. The molecule has 1 heterocycles. The van der Waals surface area contributed by atoms with Crippen LogP contribution in [0.15, 0.2) is 24.3 Å². The first-order valence-electron chi connectivity index (χ1n) is 6.78. The highest BCUT2D eigenvalue weighted by Gasteiger charge is 2.20. The Morgan fingerprint density at radius 2 is 2.06 bits per heavy atom. The van der Waals surface area contributed by atoms with Crippen LogP contribution in [0.2, 0.25) is 5.02 Å². The van der Waals surface area contributed by atoms with Crippen LogP contribution in [0.25, 0.3) is 0 Å². The van der Waals surface area contributed by atoms with Crippen molar-refractivity contribution in [2.45, 2.75) is 32.8 Å². The number of halogens is 1. The quantitative estimate of drug-likeness (QED) is 0.822. The summed E-state index contributed by atoms with van der Waals surface area (Å²) in [5.74, 6) is 1.64. The number of ether oxygens (including phenoxy) is 1. The molecule has 1 aromatic carbocycles. The van der Waals surface area contributed by atoms with Crippen LogP contribution < -0.4 is 4.74 Å². The molecule has 0 spiro atoms. The van der Waals surface area contributed by atoms with Gasteiger partial charge in [0.1, 0.15) is 11.9 Å². The van der Waals surface area contributed by atoms with Gasteiger partial charge in [0.25, 0.3) is 0 Å². The van der Waals surface area contributed by atoms with Crippen molar-refractivity contribution in [3.63, 3.8) is 0 Å². The Hall–Kier alpha value is -0.730. The molecule has 1 saturated heterocycles. The molecule has 1 aromatic rings. The van der Waals surface area contributed by atoms with Crippen LogP contribution in [0.4, 0.5) is 0 Å². The van der Waals surface area contributed by atoms with Crippen LogP contribution >= 0.6 is 11.6 Å². The second-order valence-corrected chi connectivity index (χ2v) is 5.91. The smallest absolute Gasteiger partial charge is 0.121 e. The van der Waals surface area contributed by atoms with Crippen molar-refractivity contribution in [1.29, 1.82) is 0 Å². The van der Waals surface area contributed by atoms with Gasteiger partial charge in [0.15, 0.2) is 0 Å². The maximum Gasteiger partial charge on any atom is 0.121 e. The zero-order valence-electron chi connectivity index (χ0n) is 11.2. The van der Waals surface area contributed by atoms with Crippen LogP contribution in [0.5, 0.6) is 5.75 Å². The monoisotopic (exact) mass is 267 g/mol. The van der Waals surface area contributed by atoms with Crippen LogP contribution in [-0.4, -0.2) is 30.6 Å². The average molecular weight is 268 g/mol. The highest BCUT2D eigenvalue weighted by atomic mass is 35.5. The number of hydrogen-bond donors (Lipinski definition) is 0. The molecular formula is C15H22ClNO. The van der Waals surface area contributed by atoms with E-state index >= 15 is 0 Å². The van der Waals surface area contributed by atoms with Gasteiger partial charge in [0.2, 0.25) is 0 Å². The van der Waals surface area contributed by atoms with Crippen LogP contribution in [0, 0.1) is 5.92 Å². The lowest BCUT2D eigenvalue weighted by Gasteiger charge is -2.33. The van der Waals surface area contributed by atoms with Gasteiger partial charge in [-0.1, -0.05) is 31.5 Å². The summed E-state index contributed by atoms with van der Waals surface area (Å²) in [4.78, 5) is 2.53. The van der Waals surface area contributed by atoms with E-state index in [1.54, 1.807) is 0 Å². The summed E-state index contributed by atoms with van der Waals surface area (Å²) >= 11 is 5.95. The fraction of sp³-hybridized carbons (Fsp3) is 0.600. The van der Waals surface area contributed by atoms with E-state index in [-0.39, 0.29) is 0 Å². The summed E-state index contributed by atoms with van der Waals surface area (Å²) in [6, 6.07) is 7.68. The second-order valence-electron chi connectivity index (χ2n) is 5.47. The number of rotatable bonds is 4. The predicted octanol–water partition coefficient (Wildman–Crippen LogP) is 3.84. The van der Waals surface area contributed by atoms with Gasteiger partial charge in [-0.2, -0.15) is 0 Å². The minimum absolute atomic E-state index is 0.340. The lowest BCUT2D eigenvalue weighted by Crippen LogP contribution is -2.39. The predicted molar refractivity (Wildman–Crippen MR) is 76.4 cm³/mol. The molecule has 2 rings (SSSR count). The topological polar surface area (TPSA) is 12.5 Å². The number of nitrogens with zero attached hydrogens (tertiary/aromatic N) is 1. The van der Waals surface area contributed by atoms with E-state index in [1.165, 1.54) is 6.54 Å². The van der Waals surface area contributed by atoms with Gasteiger partial charge in [0.05, 0.1) is 0 Å². The van der Waals surface area contributed by atoms with Gasteiger partial charge in [-0.25, -0.2) is 0 Å². The standard InChI is InChI=1S/C15H22ClNO/c1-12(2)11-17-8-6-14(7-9-17)18-15-5-3-4-13(16)10-15/h3-5,10,12,14H,6-9,11H2,1-2H3. The van der Waals surface area contributed by atoms with Crippen molar-refractivity contribution in [1.82, 2.24) is 4.90 Å². The summed E-state index contributed by atoms with van der Waals surface area (Å²) in [6.07, 6.45) is 2.56. The number of likely N-dealkylation sites (tertiary alicyclic amines) is 1. The molecule has 0 aliphatic carbocycles. The summed E-state index contributed by atoms with van der Waals surface area (Å²) in [7, 11) is 0. The molecule has 1 aliphatic rings. The molecule has 0 unspecified atom stereocenters. The first-order valence-corrected chi connectivity index (χ1v) is 7.16. The van der Waals surface area contributed by atoms with Crippen molar-refractivity contribution in [3.8, 4) is 5.75 Å². The fourth-order valence-electron chi connectivity index (χ4n) is 2.46. The maximum absolute atomic E-state index is 5.98. The molecule has 1 aliphatic heterocycles. The van der Waals surface area contributed by atoms with Crippen LogP contribution in [0.3, 0.4) is 0 Å². The van der Waals surface area contributed by atoms with Crippen molar-refractivity contribution < 1.29 is 4.74 Å². The molecule has 0 N–H and O–H groups in total. The van der Waals surface area contributed by atoms with Gasteiger partial charge in [-0.05, 0) is 37.0 Å². The first kappa shape index (κ1) is 13.7. The summed E-state index contributed by atoms with van der Waals surface area (Å²) in [6.45, 7) is 8.03. The molecule has 1 fully saturated rings. The third-order valence-electron chi connectivity index (χ3n) is 3.26. The molecule has 3 heteroatoms. The lowest BCUT2D eigenvalue weighted by molar-refractivity contribution is 0.0941. The fourth-order valence-corrected chi connectivity index (χ4v) is 2.64. The summed E-state index contributed by atoms with van der Waals surface area (Å²) in [5, 5.41) is 0.741. The molecule has 0 aromatic heterocycles. The Labute approximate surface area is 115 Å². The zero-order chi connectivity index (χ0) is 13.0. The molecule has 0 amide bonds. The largest absolute Gasteiger partial charge is 0.490 e.